The Bertz CT molecular complexity index is 274. The van der Waals surface area contributed by atoms with Gasteiger partial charge in [-0.25, -0.2) is 0 Å². The number of benzene rings is 1. The van der Waals surface area contributed by atoms with Crippen LogP contribution < -0.4 is 10.1 Å². The van der Waals surface area contributed by atoms with Crippen molar-refractivity contribution < 1.29 is 15.2 Å². The number of ether oxygens (including phenoxy) is 1. The van der Waals surface area contributed by atoms with Crippen LogP contribution in [0.3, 0.4) is 0 Å². The first kappa shape index (κ1) is 9.86. The molecule has 0 aliphatic rings. The predicted molar refractivity (Wildman–Crippen MR) is 50.5 cm³/mol. The van der Waals surface area contributed by atoms with Crippen LogP contribution in [0.2, 0.25) is 0 Å². The Morgan fingerprint density at radius 2 is 2.31 bits per heavy atom. The number of phenols is 1. The maximum atomic E-state index is 9.32. The fraction of sp³-hybridized carbons (Fsp3) is 0.300. The standard InChI is InChI=1S/C10H15NO2/c1-11-6-5-8-3-4-9(12)10(7-8)13-2/h3-4,7,12H,1,5-6,11H2,2H3. The van der Waals surface area contributed by atoms with E-state index in [1.54, 1.807) is 13.2 Å². The van der Waals surface area contributed by atoms with Gasteiger partial charge in [-0.3, -0.25) is 0 Å². The molecule has 0 unspecified atom stereocenters. The minimum absolute atomic E-state index is 0.185. The molecule has 13 heavy (non-hydrogen) atoms. The molecule has 3 nitrogen and oxygen atoms in total. The van der Waals surface area contributed by atoms with Gasteiger partial charge in [-0.15, -0.1) is 0 Å². The second-order valence-corrected chi connectivity index (χ2v) is 2.83. The first-order valence-corrected chi connectivity index (χ1v) is 4.24. The first-order valence-electron chi connectivity index (χ1n) is 4.24. The number of phenolic OH excluding ortho intramolecular Hbond substituents is 1. The monoisotopic (exact) mass is 181 g/mol. The Kier molecular flexibility index (Phi) is 3.58. The number of rotatable bonds is 4. The normalized spacial score (nSPS) is 10.0. The summed E-state index contributed by atoms with van der Waals surface area (Å²) in [5.41, 5.74) is 1.15. The van der Waals surface area contributed by atoms with E-state index < -0.39 is 0 Å². The van der Waals surface area contributed by atoms with Gasteiger partial charge in [0.05, 0.1) is 13.7 Å². The summed E-state index contributed by atoms with van der Waals surface area (Å²) in [6.07, 6.45) is 0.931. The van der Waals surface area contributed by atoms with E-state index >= 15 is 0 Å². The Hall–Kier alpha value is -1.22. The molecular weight excluding hydrogens is 166 g/mol. The van der Waals surface area contributed by atoms with E-state index in [0.29, 0.717) is 5.75 Å². The molecule has 0 saturated carbocycles. The maximum absolute atomic E-state index is 9.32. The van der Waals surface area contributed by atoms with Crippen LogP contribution in [-0.4, -0.2) is 18.8 Å². The molecule has 1 aromatic rings. The van der Waals surface area contributed by atoms with Crippen LogP contribution in [0.4, 0.5) is 0 Å². The highest BCUT2D eigenvalue weighted by Gasteiger charge is 2.01. The Morgan fingerprint density at radius 1 is 1.54 bits per heavy atom. The van der Waals surface area contributed by atoms with Crippen LogP contribution in [-0.2, 0) is 6.42 Å². The van der Waals surface area contributed by atoms with Crippen LogP contribution in [0, 0.1) is 7.05 Å². The predicted octanol–water partition coefficient (Wildman–Crippen LogP) is 0.298. The fourth-order valence-corrected chi connectivity index (χ4v) is 1.15. The zero-order valence-corrected chi connectivity index (χ0v) is 7.79. The van der Waals surface area contributed by atoms with Crippen molar-refractivity contribution in [3.8, 4) is 11.5 Å². The van der Waals surface area contributed by atoms with Crippen molar-refractivity contribution >= 4 is 0 Å². The van der Waals surface area contributed by atoms with Gasteiger partial charge in [0.15, 0.2) is 11.5 Å². The van der Waals surface area contributed by atoms with Gasteiger partial charge in [0, 0.05) is 6.42 Å². The molecule has 0 atom stereocenters. The van der Waals surface area contributed by atoms with Crippen molar-refractivity contribution in [3.05, 3.63) is 30.8 Å². The molecule has 0 fully saturated rings. The zero-order chi connectivity index (χ0) is 9.68. The van der Waals surface area contributed by atoms with Gasteiger partial charge in [-0.1, -0.05) is 6.07 Å². The molecule has 0 radical (unpaired) electrons. The molecule has 0 amide bonds. The average molecular weight is 181 g/mol. The molecule has 3 heteroatoms. The third-order valence-corrected chi connectivity index (χ3v) is 1.88. The molecule has 0 spiro atoms. The van der Waals surface area contributed by atoms with E-state index in [1.165, 1.54) is 0 Å². The van der Waals surface area contributed by atoms with Crippen LogP contribution in [0.1, 0.15) is 5.56 Å². The van der Waals surface area contributed by atoms with Crippen molar-refractivity contribution in [1.29, 1.82) is 0 Å². The molecule has 0 aromatic heterocycles. The molecule has 0 bridgehead atoms. The molecule has 72 valence electrons. The van der Waals surface area contributed by atoms with E-state index in [2.05, 4.69) is 7.05 Å². The molecule has 0 saturated heterocycles. The Morgan fingerprint density at radius 3 is 2.92 bits per heavy atom. The number of methoxy groups -OCH3 is 1. The topological polar surface area (TPSA) is 46.1 Å². The van der Waals surface area contributed by atoms with Crippen LogP contribution in [0.5, 0.6) is 11.5 Å². The molecule has 1 aromatic carbocycles. The van der Waals surface area contributed by atoms with E-state index in [4.69, 9.17) is 4.74 Å². The lowest BCUT2D eigenvalue weighted by molar-refractivity contribution is -0.594. The number of nitrogens with two attached hydrogens (primary N) is 1. The third-order valence-electron chi connectivity index (χ3n) is 1.88. The summed E-state index contributed by atoms with van der Waals surface area (Å²) in [6.45, 7) is 0.938. The van der Waals surface area contributed by atoms with Gasteiger partial charge in [0.25, 0.3) is 0 Å². The molecule has 0 heterocycles. The van der Waals surface area contributed by atoms with Gasteiger partial charge >= 0.3 is 0 Å². The van der Waals surface area contributed by atoms with Gasteiger partial charge in [0.1, 0.15) is 0 Å². The Labute approximate surface area is 78.3 Å². The molecule has 3 N–H and O–H groups in total. The molecule has 0 aliphatic heterocycles. The summed E-state index contributed by atoms with van der Waals surface area (Å²) in [5, 5.41) is 11.2. The van der Waals surface area contributed by atoms with Gasteiger partial charge in [-0.2, -0.15) is 7.05 Å². The van der Waals surface area contributed by atoms with Crippen molar-refractivity contribution in [2.75, 3.05) is 13.7 Å². The SMILES string of the molecule is [CH2-][NH2+]CCc1ccc(O)c(OC)c1. The number of hydrogen-bond acceptors (Lipinski definition) is 2. The van der Waals surface area contributed by atoms with E-state index in [9.17, 15) is 5.11 Å². The lowest BCUT2D eigenvalue weighted by atomic mass is 10.1. The number of quaternary nitrogens is 1. The van der Waals surface area contributed by atoms with Crippen LogP contribution >= 0.6 is 0 Å². The maximum Gasteiger partial charge on any atom is 0.160 e. The Balaban J connectivity index is 2.74. The molecule has 0 aliphatic carbocycles. The smallest absolute Gasteiger partial charge is 0.160 e. The molecular formula is C10H15NO2. The van der Waals surface area contributed by atoms with Crippen molar-refractivity contribution in [3.63, 3.8) is 0 Å². The second kappa shape index (κ2) is 4.72. The summed E-state index contributed by atoms with van der Waals surface area (Å²) in [4.78, 5) is 0. The quantitative estimate of drug-likeness (QED) is 0.656. The van der Waals surface area contributed by atoms with Crippen molar-refractivity contribution in [1.82, 2.24) is 0 Å². The lowest BCUT2D eigenvalue weighted by Gasteiger charge is -2.06. The van der Waals surface area contributed by atoms with Crippen LogP contribution in [0.25, 0.3) is 0 Å². The second-order valence-electron chi connectivity index (χ2n) is 2.83. The van der Waals surface area contributed by atoms with E-state index in [1.807, 2.05) is 17.4 Å². The summed E-state index contributed by atoms with van der Waals surface area (Å²) in [7, 11) is 5.20. The minimum Gasteiger partial charge on any atom is -0.504 e. The summed E-state index contributed by atoms with van der Waals surface area (Å²) in [6, 6.07) is 5.39. The van der Waals surface area contributed by atoms with Gasteiger partial charge in [-0.05, 0) is 17.7 Å². The van der Waals surface area contributed by atoms with E-state index in [0.717, 1.165) is 18.5 Å². The average Bonchev–Trinajstić information content (AvgIpc) is 2.16. The highest BCUT2D eigenvalue weighted by atomic mass is 16.5. The minimum atomic E-state index is 0.185. The highest BCUT2D eigenvalue weighted by molar-refractivity contribution is 5.41. The van der Waals surface area contributed by atoms with Gasteiger partial charge < -0.3 is 15.2 Å². The van der Waals surface area contributed by atoms with Crippen molar-refractivity contribution in [2.45, 2.75) is 6.42 Å². The summed E-state index contributed by atoms with van der Waals surface area (Å²) >= 11 is 0. The fourth-order valence-electron chi connectivity index (χ4n) is 1.15. The highest BCUT2D eigenvalue weighted by Crippen LogP contribution is 2.26. The molecule has 1 rings (SSSR count). The summed E-state index contributed by atoms with van der Waals surface area (Å²) in [5.74, 6) is 0.714. The summed E-state index contributed by atoms with van der Waals surface area (Å²) < 4.78 is 4.99. The first-order chi connectivity index (χ1) is 6.27. The zero-order valence-electron chi connectivity index (χ0n) is 7.79. The van der Waals surface area contributed by atoms with Gasteiger partial charge in [0.2, 0.25) is 0 Å². The van der Waals surface area contributed by atoms with E-state index in [-0.39, 0.29) is 5.75 Å². The van der Waals surface area contributed by atoms with Crippen LogP contribution in [0.15, 0.2) is 18.2 Å². The largest absolute Gasteiger partial charge is 0.504 e. The number of hydrogen-bond donors (Lipinski definition) is 2. The van der Waals surface area contributed by atoms with Crippen molar-refractivity contribution in [2.24, 2.45) is 0 Å². The number of aromatic hydroxyl groups is 1. The third kappa shape index (κ3) is 2.63. The lowest BCUT2D eigenvalue weighted by Crippen LogP contribution is -2.77.